The van der Waals surface area contributed by atoms with Gasteiger partial charge in [0.2, 0.25) is 0 Å². The van der Waals surface area contributed by atoms with Gasteiger partial charge in [0.25, 0.3) is 5.91 Å². The number of amides is 1. The highest BCUT2D eigenvalue weighted by Gasteiger charge is 2.25. The molecule has 0 radical (unpaired) electrons. The number of carbonyl (C=O) groups is 1. The maximum absolute atomic E-state index is 12.6. The third-order valence-corrected chi connectivity index (χ3v) is 5.78. The number of nitrogens with one attached hydrogen (secondary N) is 1. The van der Waals surface area contributed by atoms with Gasteiger partial charge in [0.05, 0.1) is 8.95 Å². The van der Waals surface area contributed by atoms with Gasteiger partial charge in [0.15, 0.2) is 0 Å². The van der Waals surface area contributed by atoms with E-state index in [0.717, 1.165) is 11.1 Å². The van der Waals surface area contributed by atoms with Crippen LogP contribution in [-0.2, 0) is 4.79 Å². The predicted molar refractivity (Wildman–Crippen MR) is 120 cm³/mol. The van der Waals surface area contributed by atoms with Crippen LogP contribution in [-0.4, -0.2) is 21.9 Å². The number of phenols is 1. The lowest BCUT2D eigenvalue weighted by Crippen LogP contribution is -2.03. The second-order valence-corrected chi connectivity index (χ2v) is 8.13. The molecule has 4 rings (SSSR count). The van der Waals surface area contributed by atoms with Crippen molar-refractivity contribution in [1.82, 2.24) is 0 Å². The average Bonchev–Trinajstić information content (AvgIpc) is 3.02. The molecule has 0 spiro atoms. The molecular weight excluding hydrogens is 500 g/mol. The first kappa shape index (κ1) is 19.4. The number of benzene rings is 3. The lowest BCUT2D eigenvalue weighted by Gasteiger charge is -2.08. The highest BCUT2D eigenvalue weighted by atomic mass is 79.9. The second-order valence-electron chi connectivity index (χ2n) is 6.42. The molecule has 1 aliphatic heterocycles. The summed E-state index contributed by atoms with van der Waals surface area (Å²) in [6, 6.07) is 18.2. The smallest absolute Gasteiger partial charge is 0.256 e. The first-order valence-electron chi connectivity index (χ1n) is 8.61. The quantitative estimate of drug-likeness (QED) is 0.183. The maximum Gasteiger partial charge on any atom is 0.256 e. The van der Waals surface area contributed by atoms with E-state index in [1.165, 1.54) is 0 Å². The van der Waals surface area contributed by atoms with Crippen LogP contribution in [0.3, 0.4) is 0 Å². The Kier molecular flexibility index (Phi) is 5.25. The number of aromatic hydroxyl groups is 1. The largest absolute Gasteiger partial charge is 0.506 e. The molecule has 3 N–H and O–H groups in total. The fourth-order valence-electron chi connectivity index (χ4n) is 3.19. The van der Waals surface area contributed by atoms with Gasteiger partial charge in [-0.15, -0.1) is 0 Å². The SMILES string of the molecule is O=C1Nc2ccc(/C(=N/O)c3ccccc3)cc2/C1=C/c1cc(Br)c(O)c(Br)c1. The number of rotatable bonds is 3. The minimum atomic E-state index is -0.223. The fourth-order valence-corrected chi connectivity index (χ4v) is 4.41. The summed E-state index contributed by atoms with van der Waals surface area (Å²) in [5.74, 6) is -0.128. The van der Waals surface area contributed by atoms with E-state index < -0.39 is 0 Å². The van der Waals surface area contributed by atoms with Gasteiger partial charge >= 0.3 is 0 Å². The Hall–Kier alpha value is -2.90. The minimum absolute atomic E-state index is 0.0948. The number of hydrogen-bond donors (Lipinski definition) is 3. The zero-order chi connectivity index (χ0) is 20.5. The van der Waals surface area contributed by atoms with E-state index >= 15 is 0 Å². The van der Waals surface area contributed by atoms with Crippen LogP contribution in [0.15, 0.2) is 74.8 Å². The molecule has 0 atom stereocenters. The van der Waals surface area contributed by atoms with Gasteiger partial charge < -0.3 is 15.6 Å². The third kappa shape index (κ3) is 3.71. The van der Waals surface area contributed by atoms with Gasteiger partial charge in [0, 0.05) is 28.0 Å². The monoisotopic (exact) mass is 512 g/mol. The summed E-state index contributed by atoms with van der Waals surface area (Å²) in [6.07, 6.45) is 1.75. The van der Waals surface area contributed by atoms with Crippen molar-refractivity contribution in [2.75, 3.05) is 5.32 Å². The summed E-state index contributed by atoms with van der Waals surface area (Å²) in [7, 11) is 0. The van der Waals surface area contributed by atoms with Crippen LogP contribution in [0.2, 0.25) is 0 Å². The van der Waals surface area contributed by atoms with Gasteiger partial charge in [-0.05, 0) is 67.8 Å². The van der Waals surface area contributed by atoms with Crippen molar-refractivity contribution in [2.24, 2.45) is 5.16 Å². The Morgan fingerprint density at radius 1 is 0.966 bits per heavy atom. The van der Waals surface area contributed by atoms with E-state index in [1.54, 1.807) is 30.3 Å². The Morgan fingerprint density at radius 3 is 2.31 bits per heavy atom. The molecule has 0 saturated heterocycles. The molecule has 1 amide bonds. The number of carbonyl (C=O) groups excluding carboxylic acids is 1. The van der Waals surface area contributed by atoms with E-state index in [1.807, 2.05) is 36.4 Å². The van der Waals surface area contributed by atoms with Gasteiger partial charge in [0.1, 0.15) is 11.5 Å². The van der Waals surface area contributed by atoms with E-state index in [9.17, 15) is 15.1 Å². The van der Waals surface area contributed by atoms with Crippen LogP contribution in [0, 0.1) is 0 Å². The average molecular weight is 514 g/mol. The van der Waals surface area contributed by atoms with Crippen LogP contribution in [0.5, 0.6) is 5.75 Å². The maximum atomic E-state index is 12.6. The van der Waals surface area contributed by atoms with Gasteiger partial charge in [-0.2, -0.15) is 0 Å². The van der Waals surface area contributed by atoms with Crippen LogP contribution in [0.4, 0.5) is 5.69 Å². The highest BCUT2D eigenvalue weighted by molar-refractivity contribution is 9.11. The third-order valence-electron chi connectivity index (χ3n) is 4.57. The van der Waals surface area contributed by atoms with Crippen molar-refractivity contribution in [3.63, 3.8) is 0 Å². The summed E-state index contributed by atoms with van der Waals surface area (Å²) >= 11 is 6.61. The standard InChI is InChI=1S/C22H14Br2N2O3/c23-17-9-12(10-18(24)21(17)27)8-16-15-11-14(6-7-19(15)25-22(16)28)20(26-29)13-4-2-1-3-5-13/h1-11,27,29H,(H,25,28)/b16-8-,26-20+. The van der Waals surface area contributed by atoms with Crippen LogP contribution in [0.1, 0.15) is 22.3 Å². The number of phenolic OH excluding ortho intramolecular Hbond substituents is 1. The van der Waals surface area contributed by atoms with E-state index in [-0.39, 0.29) is 11.7 Å². The summed E-state index contributed by atoms with van der Waals surface area (Å²) in [4.78, 5) is 12.6. The first-order valence-corrected chi connectivity index (χ1v) is 10.2. The minimum Gasteiger partial charge on any atom is -0.506 e. The van der Waals surface area contributed by atoms with Crippen molar-refractivity contribution >= 4 is 60.8 Å². The number of nitrogens with zero attached hydrogens (tertiary/aromatic N) is 1. The summed E-state index contributed by atoms with van der Waals surface area (Å²) in [5.41, 5.74) is 4.50. The molecule has 3 aromatic carbocycles. The predicted octanol–water partition coefficient (Wildman–Crippen LogP) is 5.64. The molecule has 29 heavy (non-hydrogen) atoms. The van der Waals surface area contributed by atoms with Crippen molar-refractivity contribution < 1.29 is 15.1 Å². The molecule has 0 aliphatic carbocycles. The molecule has 0 bridgehead atoms. The molecule has 3 aromatic rings. The Morgan fingerprint density at radius 2 is 1.66 bits per heavy atom. The van der Waals surface area contributed by atoms with Gasteiger partial charge in [-0.25, -0.2) is 0 Å². The lowest BCUT2D eigenvalue weighted by molar-refractivity contribution is -0.110. The molecule has 5 nitrogen and oxygen atoms in total. The van der Waals surface area contributed by atoms with E-state index in [2.05, 4.69) is 42.3 Å². The topological polar surface area (TPSA) is 81.9 Å². The molecule has 144 valence electrons. The van der Waals surface area contributed by atoms with Crippen molar-refractivity contribution in [2.45, 2.75) is 0 Å². The molecule has 1 heterocycles. The molecule has 0 aromatic heterocycles. The Bertz CT molecular complexity index is 1160. The molecular formula is C22H14Br2N2O3. The molecule has 0 unspecified atom stereocenters. The number of hydrogen-bond acceptors (Lipinski definition) is 4. The number of fused-ring (bicyclic) bond motifs is 1. The summed E-state index contributed by atoms with van der Waals surface area (Å²) < 4.78 is 1.04. The van der Waals surface area contributed by atoms with Crippen LogP contribution < -0.4 is 5.32 Å². The molecule has 0 fully saturated rings. The Balaban J connectivity index is 1.80. The Labute approximate surface area is 183 Å². The lowest BCUT2D eigenvalue weighted by atomic mass is 9.97. The van der Waals surface area contributed by atoms with Crippen molar-refractivity contribution in [3.05, 3.63) is 91.9 Å². The second kappa shape index (κ2) is 7.85. The fraction of sp³-hybridized carbons (Fsp3) is 0. The van der Waals surface area contributed by atoms with Crippen LogP contribution >= 0.6 is 31.9 Å². The molecule has 7 heteroatoms. The summed E-state index contributed by atoms with van der Waals surface area (Å²) in [5, 5.41) is 25.8. The van der Waals surface area contributed by atoms with E-state index in [4.69, 9.17) is 0 Å². The van der Waals surface area contributed by atoms with E-state index in [0.29, 0.717) is 37.0 Å². The number of anilines is 1. The number of oxime groups is 1. The zero-order valence-corrected chi connectivity index (χ0v) is 18.0. The van der Waals surface area contributed by atoms with Gasteiger partial charge in [-0.1, -0.05) is 41.6 Å². The van der Waals surface area contributed by atoms with Crippen molar-refractivity contribution in [3.8, 4) is 5.75 Å². The normalized spacial score (nSPS) is 14.8. The van der Waals surface area contributed by atoms with Gasteiger partial charge in [-0.3, -0.25) is 4.79 Å². The first-order chi connectivity index (χ1) is 14.0. The highest BCUT2D eigenvalue weighted by Crippen LogP contribution is 2.37. The number of halogens is 2. The van der Waals surface area contributed by atoms with Crippen molar-refractivity contribution in [1.29, 1.82) is 0 Å². The zero-order valence-electron chi connectivity index (χ0n) is 14.9. The summed E-state index contributed by atoms with van der Waals surface area (Å²) in [6.45, 7) is 0. The molecule has 1 aliphatic rings. The molecule has 0 saturated carbocycles. The van der Waals surface area contributed by atoms with Crippen LogP contribution in [0.25, 0.3) is 11.6 Å².